The fraction of sp³-hybridized carbons (Fsp3) is 0.0588. The number of halogens is 1. The monoisotopic (exact) mass is 388 g/mol. The van der Waals surface area contributed by atoms with Gasteiger partial charge in [0.1, 0.15) is 0 Å². The summed E-state index contributed by atoms with van der Waals surface area (Å²) in [7, 11) is 0. The van der Waals surface area contributed by atoms with Crippen molar-refractivity contribution in [3.05, 3.63) is 69.5 Å². The number of imide groups is 1. The normalized spacial score (nSPS) is 16.2. The van der Waals surface area contributed by atoms with Gasteiger partial charge in [-0.05, 0) is 51.5 Å². The van der Waals surface area contributed by atoms with E-state index in [9.17, 15) is 9.59 Å². The summed E-state index contributed by atoms with van der Waals surface area (Å²) in [5.41, 5.74) is 1.73. The van der Waals surface area contributed by atoms with Crippen molar-refractivity contribution in [1.29, 1.82) is 0 Å². The van der Waals surface area contributed by atoms with E-state index in [2.05, 4.69) is 21.2 Å². The molecule has 0 atom stereocenters. The van der Waals surface area contributed by atoms with E-state index >= 15 is 0 Å². The molecule has 23 heavy (non-hydrogen) atoms. The largest absolute Gasteiger partial charge is 0.366 e. The van der Waals surface area contributed by atoms with Gasteiger partial charge < -0.3 is 5.32 Å². The Morgan fingerprint density at radius 2 is 1.74 bits per heavy atom. The van der Waals surface area contributed by atoms with Crippen molar-refractivity contribution in [3.8, 4) is 0 Å². The van der Waals surface area contributed by atoms with Gasteiger partial charge >= 0.3 is 0 Å². The van der Waals surface area contributed by atoms with E-state index in [0.29, 0.717) is 4.91 Å². The highest BCUT2D eigenvalue weighted by Gasteiger charge is 2.34. The number of hydrogen-bond donors (Lipinski definition) is 1. The third-order valence-electron chi connectivity index (χ3n) is 3.27. The second-order valence-corrected chi connectivity index (χ2v) is 6.68. The third-order valence-corrected chi connectivity index (χ3v) is 4.87. The smallest absolute Gasteiger partial charge is 0.295 e. The maximum absolute atomic E-state index is 12.4. The van der Waals surface area contributed by atoms with Gasteiger partial charge in [-0.15, -0.1) is 0 Å². The van der Waals surface area contributed by atoms with Crippen LogP contribution in [0.3, 0.4) is 0 Å². The molecule has 3 rings (SSSR count). The van der Waals surface area contributed by atoms with Crippen molar-refractivity contribution in [2.75, 3.05) is 12.0 Å². The molecule has 2 aromatic rings. The van der Waals surface area contributed by atoms with E-state index in [-0.39, 0.29) is 17.8 Å². The number of nitrogens with one attached hydrogen (secondary N) is 1. The Bertz CT molecular complexity index is 777. The maximum Gasteiger partial charge on any atom is 0.295 e. The second kappa shape index (κ2) is 7.02. The van der Waals surface area contributed by atoms with Crippen LogP contribution in [0.2, 0.25) is 0 Å². The van der Waals surface area contributed by atoms with Crippen LogP contribution in [0.4, 0.5) is 10.5 Å². The first-order chi connectivity index (χ1) is 11.1. The van der Waals surface area contributed by atoms with Gasteiger partial charge in [-0.2, -0.15) is 0 Å². The molecule has 2 aromatic carbocycles. The zero-order valence-corrected chi connectivity index (χ0v) is 14.4. The third kappa shape index (κ3) is 3.65. The van der Waals surface area contributed by atoms with Crippen LogP contribution in [-0.4, -0.2) is 22.7 Å². The molecule has 1 aliphatic heterocycles. The SMILES string of the molecule is O=C1S/C(=C\c2ccccc2)C(=O)N1CNc1ccccc1Br. The standard InChI is InChI=1S/C17H13BrN2O2S/c18-13-8-4-5-9-14(13)19-11-20-16(21)15(23-17(20)22)10-12-6-2-1-3-7-12/h1-10,19H,11H2/b15-10-. The van der Waals surface area contributed by atoms with E-state index < -0.39 is 0 Å². The lowest BCUT2D eigenvalue weighted by Crippen LogP contribution is -2.33. The van der Waals surface area contributed by atoms with Crippen molar-refractivity contribution in [1.82, 2.24) is 4.90 Å². The van der Waals surface area contributed by atoms with Crippen LogP contribution in [0.25, 0.3) is 6.08 Å². The molecule has 0 radical (unpaired) electrons. The zero-order chi connectivity index (χ0) is 16.2. The van der Waals surface area contributed by atoms with Crippen molar-refractivity contribution in [2.24, 2.45) is 0 Å². The van der Waals surface area contributed by atoms with Gasteiger partial charge in [0.15, 0.2) is 0 Å². The molecule has 2 amide bonds. The van der Waals surface area contributed by atoms with Gasteiger partial charge in [-0.3, -0.25) is 14.5 Å². The van der Waals surface area contributed by atoms with Gasteiger partial charge in [-0.25, -0.2) is 0 Å². The Balaban J connectivity index is 1.72. The molecule has 0 bridgehead atoms. The molecule has 0 saturated carbocycles. The van der Waals surface area contributed by atoms with Crippen LogP contribution in [0.1, 0.15) is 5.56 Å². The number of carbonyl (C=O) groups excluding carboxylic acids is 2. The fourth-order valence-corrected chi connectivity index (χ4v) is 3.37. The van der Waals surface area contributed by atoms with Crippen molar-refractivity contribution in [2.45, 2.75) is 0 Å². The van der Waals surface area contributed by atoms with Gasteiger partial charge in [-0.1, -0.05) is 42.5 Å². The maximum atomic E-state index is 12.4. The molecule has 1 fully saturated rings. The molecule has 0 unspecified atom stereocenters. The van der Waals surface area contributed by atoms with Crippen molar-refractivity contribution in [3.63, 3.8) is 0 Å². The summed E-state index contributed by atoms with van der Waals surface area (Å²) in [6.07, 6.45) is 1.74. The van der Waals surface area contributed by atoms with Crippen LogP contribution in [0, 0.1) is 0 Å². The molecule has 1 N–H and O–H groups in total. The Morgan fingerprint density at radius 1 is 1.04 bits per heavy atom. The molecule has 0 spiro atoms. The minimum Gasteiger partial charge on any atom is -0.366 e. The van der Waals surface area contributed by atoms with Crippen molar-refractivity contribution >= 4 is 50.6 Å². The molecule has 4 nitrogen and oxygen atoms in total. The van der Waals surface area contributed by atoms with Gasteiger partial charge in [0.05, 0.1) is 11.6 Å². The predicted molar refractivity (Wildman–Crippen MR) is 96.9 cm³/mol. The summed E-state index contributed by atoms with van der Waals surface area (Å²) in [5.74, 6) is -0.275. The lowest BCUT2D eigenvalue weighted by molar-refractivity contribution is -0.122. The van der Waals surface area contributed by atoms with Crippen molar-refractivity contribution < 1.29 is 9.59 Å². The van der Waals surface area contributed by atoms with E-state index in [1.807, 2.05) is 54.6 Å². The van der Waals surface area contributed by atoms with Crippen LogP contribution in [0.15, 0.2) is 64.0 Å². The lowest BCUT2D eigenvalue weighted by atomic mass is 10.2. The van der Waals surface area contributed by atoms with Gasteiger partial charge in [0.2, 0.25) is 0 Å². The average Bonchev–Trinajstić information content (AvgIpc) is 2.82. The van der Waals surface area contributed by atoms with Crippen LogP contribution < -0.4 is 5.32 Å². The predicted octanol–water partition coefficient (Wildman–Crippen LogP) is 4.56. The molecule has 1 heterocycles. The molecule has 0 aromatic heterocycles. The number of benzene rings is 2. The Morgan fingerprint density at radius 3 is 2.48 bits per heavy atom. The Hall–Kier alpha value is -2.05. The average molecular weight is 389 g/mol. The first-order valence-electron chi connectivity index (χ1n) is 6.94. The summed E-state index contributed by atoms with van der Waals surface area (Å²) >= 11 is 4.39. The number of anilines is 1. The number of para-hydroxylation sites is 1. The quantitative estimate of drug-likeness (QED) is 0.780. The van der Waals surface area contributed by atoms with E-state index in [4.69, 9.17) is 0 Å². The highest BCUT2D eigenvalue weighted by atomic mass is 79.9. The summed E-state index contributed by atoms with van der Waals surface area (Å²) in [5, 5.41) is 2.83. The fourth-order valence-electron chi connectivity index (χ4n) is 2.11. The van der Waals surface area contributed by atoms with Crippen LogP contribution in [0.5, 0.6) is 0 Å². The number of hydrogen-bond acceptors (Lipinski definition) is 4. The second-order valence-electron chi connectivity index (χ2n) is 4.84. The highest BCUT2D eigenvalue weighted by Crippen LogP contribution is 2.32. The number of carbonyl (C=O) groups is 2. The molecule has 1 aliphatic rings. The van der Waals surface area contributed by atoms with Crippen LogP contribution in [-0.2, 0) is 4.79 Å². The molecule has 1 saturated heterocycles. The molecule has 6 heteroatoms. The summed E-state index contributed by atoms with van der Waals surface area (Å²) in [6, 6.07) is 17.0. The number of nitrogens with zero attached hydrogens (tertiary/aromatic N) is 1. The van der Waals surface area contributed by atoms with E-state index in [1.165, 1.54) is 4.90 Å². The summed E-state index contributed by atoms with van der Waals surface area (Å²) in [6.45, 7) is 0.138. The van der Waals surface area contributed by atoms with Gasteiger partial charge in [0, 0.05) is 10.2 Å². The van der Waals surface area contributed by atoms with E-state index in [1.54, 1.807) is 6.08 Å². The van der Waals surface area contributed by atoms with Gasteiger partial charge in [0.25, 0.3) is 11.1 Å². The highest BCUT2D eigenvalue weighted by molar-refractivity contribution is 9.10. The first-order valence-corrected chi connectivity index (χ1v) is 8.55. The number of rotatable bonds is 4. The van der Waals surface area contributed by atoms with Crippen LogP contribution >= 0.6 is 27.7 Å². The minimum atomic E-state index is -0.275. The number of thioether (sulfide) groups is 1. The molecular formula is C17H13BrN2O2S. The molecular weight excluding hydrogens is 376 g/mol. The topological polar surface area (TPSA) is 49.4 Å². The van der Waals surface area contributed by atoms with E-state index in [0.717, 1.165) is 27.5 Å². The minimum absolute atomic E-state index is 0.138. The Labute approximate surface area is 146 Å². The molecule has 116 valence electrons. The lowest BCUT2D eigenvalue weighted by Gasteiger charge is -2.15. The Kier molecular flexibility index (Phi) is 4.83. The summed E-state index contributed by atoms with van der Waals surface area (Å²) in [4.78, 5) is 26.1. The zero-order valence-electron chi connectivity index (χ0n) is 12.0. The molecule has 0 aliphatic carbocycles. The first kappa shape index (κ1) is 15.8. The number of amides is 2. The summed E-state index contributed by atoms with van der Waals surface area (Å²) < 4.78 is 0.881.